The first kappa shape index (κ1) is 14.4. The molecule has 2 N–H and O–H groups in total. The summed E-state index contributed by atoms with van der Waals surface area (Å²) in [6.45, 7) is 1.99. The smallest absolute Gasteiger partial charge is 0.318 e. The van der Waals surface area contributed by atoms with E-state index in [9.17, 15) is 14.7 Å². The highest BCUT2D eigenvalue weighted by molar-refractivity contribution is 7.07. The number of hydrogen-bond acceptors (Lipinski definition) is 3. The molecule has 3 rings (SSSR count). The third-order valence-corrected chi connectivity index (χ3v) is 5.31. The molecule has 114 valence electrons. The van der Waals surface area contributed by atoms with Crippen LogP contribution in [-0.2, 0) is 11.2 Å². The quantitative estimate of drug-likeness (QED) is 0.897. The Morgan fingerprint density at radius 3 is 2.95 bits per heavy atom. The highest BCUT2D eigenvalue weighted by Crippen LogP contribution is 2.41. The van der Waals surface area contributed by atoms with Crippen molar-refractivity contribution in [2.45, 2.75) is 50.7 Å². The van der Waals surface area contributed by atoms with Crippen LogP contribution in [0, 0.1) is 5.92 Å². The van der Waals surface area contributed by atoms with E-state index < -0.39 is 5.97 Å². The molecule has 5 nitrogen and oxygen atoms in total. The van der Waals surface area contributed by atoms with Gasteiger partial charge in [0, 0.05) is 18.1 Å². The number of carbonyl (C=O) groups is 2. The maximum atomic E-state index is 12.4. The molecular formula is C15H20N2O3S. The zero-order valence-corrected chi connectivity index (χ0v) is 12.8. The van der Waals surface area contributed by atoms with Gasteiger partial charge in [-0.05, 0) is 55.0 Å². The number of nitrogens with one attached hydrogen (secondary N) is 1. The van der Waals surface area contributed by atoms with Crippen LogP contribution < -0.4 is 5.32 Å². The van der Waals surface area contributed by atoms with Crippen molar-refractivity contribution in [1.29, 1.82) is 0 Å². The van der Waals surface area contributed by atoms with Gasteiger partial charge in [-0.2, -0.15) is 11.3 Å². The number of fused-ring (bicyclic) bond motifs is 2. The molecule has 1 aromatic rings. The van der Waals surface area contributed by atoms with E-state index in [2.05, 4.69) is 16.8 Å². The lowest BCUT2D eigenvalue weighted by molar-refractivity contribution is -0.142. The van der Waals surface area contributed by atoms with Crippen LogP contribution in [0.4, 0.5) is 4.79 Å². The molecule has 4 atom stereocenters. The molecule has 1 aromatic heterocycles. The molecule has 3 heterocycles. The lowest BCUT2D eigenvalue weighted by Crippen LogP contribution is -2.47. The van der Waals surface area contributed by atoms with Gasteiger partial charge >= 0.3 is 12.0 Å². The summed E-state index contributed by atoms with van der Waals surface area (Å²) in [4.78, 5) is 25.5. The minimum absolute atomic E-state index is 0.0513. The fraction of sp³-hybridized carbons (Fsp3) is 0.600. The zero-order valence-electron chi connectivity index (χ0n) is 12.0. The summed E-state index contributed by atoms with van der Waals surface area (Å²) in [5.41, 5.74) is 1.22. The van der Waals surface area contributed by atoms with Crippen molar-refractivity contribution < 1.29 is 14.7 Å². The van der Waals surface area contributed by atoms with Crippen LogP contribution >= 0.6 is 11.3 Å². The second-order valence-electron chi connectivity index (χ2n) is 6.07. The van der Waals surface area contributed by atoms with Crippen molar-refractivity contribution in [2.24, 2.45) is 5.92 Å². The number of thiophene rings is 1. The average molecular weight is 308 g/mol. The predicted octanol–water partition coefficient (Wildman–Crippen LogP) is 2.33. The Kier molecular flexibility index (Phi) is 3.89. The Hall–Kier alpha value is -1.56. The number of hydrogen-bond donors (Lipinski definition) is 2. The third-order valence-electron chi connectivity index (χ3n) is 4.58. The predicted molar refractivity (Wildman–Crippen MR) is 80.4 cm³/mol. The van der Waals surface area contributed by atoms with E-state index in [-0.39, 0.29) is 30.1 Å². The minimum Gasteiger partial charge on any atom is -0.481 e. The number of urea groups is 1. The molecule has 6 heteroatoms. The summed E-state index contributed by atoms with van der Waals surface area (Å²) in [5, 5.41) is 16.4. The molecular weight excluding hydrogens is 288 g/mol. The molecule has 21 heavy (non-hydrogen) atoms. The molecule has 2 bridgehead atoms. The van der Waals surface area contributed by atoms with Crippen LogP contribution in [0.15, 0.2) is 16.8 Å². The van der Waals surface area contributed by atoms with Crippen LogP contribution in [0.1, 0.15) is 31.7 Å². The Balaban J connectivity index is 1.60. The standard InChI is InChI=1S/C15H20N2O3S/c1-9(6-10-4-5-21-8-10)16-15(20)17-11-2-3-13(17)12(7-11)14(18)19/h4-5,8-9,11-13H,2-3,6-7H2,1H3,(H,16,20)(H,18,19). The van der Waals surface area contributed by atoms with Crippen molar-refractivity contribution in [1.82, 2.24) is 10.2 Å². The normalized spacial score (nSPS) is 28.6. The van der Waals surface area contributed by atoms with Gasteiger partial charge < -0.3 is 15.3 Å². The topological polar surface area (TPSA) is 69.6 Å². The number of aliphatic carboxylic acids is 1. The lowest BCUT2D eigenvalue weighted by atomic mass is 9.89. The summed E-state index contributed by atoms with van der Waals surface area (Å²) in [7, 11) is 0. The fourth-order valence-corrected chi connectivity index (χ4v) is 4.35. The Labute approximate surface area is 128 Å². The molecule has 2 fully saturated rings. The van der Waals surface area contributed by atoms with Gasteiger partial charge in [0.15, 0.2) is 0 Å². The first-order valence-electron chi connectivity index (χ1n) is 7.39. The van der Waals surface area contributed by atoms with Gasteiger partial charge in [0.2, 0.25) is 0 Å². The molecule has 2 aliphatic heterocycles. The van der Waals surface area contributed by atoms with Gasteiger partial charge in [0.1, 0.15) is 0 Å². The Morgan fingerprint density at radius 2 is 2.33 bits per heavy atom. The maximum Gasteiger partial charge on any atom is 0.318 e. The summed E-state index contributed by atoms with van der Waals surface area (Å²) >= 11 is 1.65. The maximum absolute atomic E-state index is 12.4. The van der Waals surface area contributed by atoms with E-state index in [0.717, 1.165) is 19.3 Å². The second kappa shape index (κ2) is 5.67. The van der Waals surface area contributed by atoms with Crippen LogP contribution in [0.5, 0.6) is 0 Å². The summed E-state index contributed by atoms with van der Waals surface area (Å²) in [6.07, 6.45) is 3.15. The highest BCUT2D eigenvalue weighted by atomic mass is 32.1. The minimum atomic E-state index is -0.772. The molecule has 2 amide bonds. The first-order valence-corrected chi connectivity index (χ1v) is 8.33. The fourth-order valence-electron chi connectivity index (χ4n) is 3.67. The molecule has 0 radical (unpaired) electrons. The van der Waals surface area contributed by atoms with Crippen molar-refractivity contribution in [3.8, 4) is 0 Å². The molecule has 0 saturated carbocycles. The zero-order chi connectivity index (χ0) is 15.0. The first-order chi connectivity index (χ1) is 10.1. The molecule has 0 spiro atoms. The second-order valence-corrected chi connectivity index (χ2v) is 6.85. The van der Waals surface area contributed by atoms with E-state index in [1.807, 2.05) is 12.3 Å². The number of carbonyl (C=O) groups excluding carboxylic acids is 1. The van der Waals surface area contributed by atoms with Gasteiger partial charge in [-0.25, -0.2) is 4.79 Å². The van der Waals surface area contributed by atoms with Crippen molar-refractivity contribution >= 4 is 23.3 Å². The van der Waals surface area contributed by atoms with Gasteiger partial charge in [-0.3, -0.25) is 4.79 Å². The number of nitrogens with zero attached hydrogens (tertiary/aromatic N) is 1. The lowest BCUT2D eigenvalue weighted by Gasteiger charge is -2.25. The van der Waals surface area contributed by atoms with Crippen LogP contribution in [-0.4, -0.2) is 40.1 Å². The van der Waals surface area contributed by atoms with E-state index >= 15 is 0 Å². The van der Waals surface area contributed by atoms with E-state index in [1.54, 1.807) is 16.2 Å². The molecule has 2 aliphatic rings. The number of amides is 2. The molecule has 4 unspecified atom stereocenters. The summed E-state index contributed by atoms with van der Waals surface area (Å²) in [6, 6.07) is 1.99. The van der Waals surface area contributed by atoms with Gasteiger partial charge in [0.25, 0.3) is 0 Å². The van der Waals surface area contributed by atoms with Crippen molar-refractivity contribution in [3.63, 3.8) is 0 Å². The number of rotatable bonds is 4. The van der Waals surface area contributed by atoms with E-state index in [4.69, 9.17) is 0 Å². The number of carboxylic acids is 1. The van der Waals surface area contributed by atoms with E-state index in [0.29, 0.717) is 6.42 Å². The van der Waals surface area contributed by atoms with Gasteiger partial charge in [-0.15, -0.1) is 0 Å². The van der Waals surface area contributed by atoms with Crippen LogP contribution in [0.25, 0.3) is 0 Å². The summed E-state index contributed by atoms with van der Waals surface area (Å²) < 4.78 is 0. The monoisotopic (exact) mass is 308 g/mol. The van der Waals surface area contributed by atoms with Crippen molar-refractivity contribution in [2.75, 3.05) is 0 Å². The highest BCUT2D eigenvalue weighted by Gasteiger charge is 2.51. The van der Waals surface area contributed by atoms with Gasteiger partial charge in [0.05, 0.1) is 5.92 Å². The average Bonchev–Trinajstić information content (AvgIpc) is 3.12. The van der Waals surface area contributed by atoms with Gasteiger partial charge in [-0.1, -0.05) is 0 Å². The summed E-state index contributed by atoms with van der Waals surface area (Å²) in [5.74, 6) is -1.16. The SMILES string of the molecule is CC(Cc1ccsc1)NC(=O)N1C2CCC1C(C(=O)O)C2. The van der Waals surface area contributed by atoms with E-state index in [1.165, 1.54) is 5.56 Å². The van der Waals surface area contributed by atoms with Crippen molar-refractivity contribution in [3.05, 3.63) is 22.4 Å². The largest absolute Gasteiger partial charge is 0.481 e. The van der Waals surface area contributed by atoms with Crippen LogP contribution in [0.3, 0.4) is 0 Å². The number of carboxylic acid groups (broad SMARTS) is 1. The Morgan fingerprint density at radius 1 is 1.52 bits per heavy atom. The van der Waals surface area contributed by atoms with Crippen LogP contribution in [0.2, 0.25) is 0 Å². The Bertz CT molecular complexity index is 531. The third kappa shape index (κ3) is 2.77. The molecule has 0 aliphatic carbocycles. The molecule has 0 aromatic carbocycles. The molecule has 2 saturated heterocycles.